The Hall–Kier alpha value is -3.15. The number of aromatic nitrogens is 1. The maximum Gasteiger partial charge on any atom is 0.338 e. The number of benzene rings is 2. The van der Waals surface area contributed by atoms with Gasteiger partial charge in [-0.15, -0.1) is 0 Å². The van der Waals surface area contributed by atoms with E-state index in [1.54, 1.807) is 25.1 Å². The van der Waals surface area contributed by atoms with E-state index in [0.717, 1.165) is 23.8 Å². The fraction of sp³-hybridized carbons (Fsp3) is 0.250. The molecule has 0 radical (unpaired) electrons. The highest BCUT2D eigenvalue weighted by Crippen LogP contribution is 2.29. The molecule has 132 valence electrons. The Morgan fingerprint density at radius 3 is 2.69 bits per heavy atom. The first-order chi connectivity index (χ1) is 12.6. The average Bonchev–Trinajstić information content (AvgIpc) is 3.37. The van der Waals surface area contributed by atoms with Crippen LogP contribution in [0.25, 0.3) is 22.2 Å². The number of carbonyl (C=O) groups excluding carboxylic acids is 2. The monoisotopic (exact) mass is 350 g/mol. The van der Waals surface area contributed by atoms with Crippen molar-refractivity contribution in [3.05, 3.63) is 54.1 Å². The van der Waals surface area contributed by atoms with Crippen LogP contribution in [0.15, 0.2) is 53.1 Å². The van der Waals surface area contributed by atoms with Gasteiger partial charge in [0.05, 0.1) is 10.9 Å². The Kier molecular flexibility index (Phi) is 4.16. The quantitative estimate of drug-likeness (QED) is 0.714. The molecule has 2 aromatic carbocycles. The van der Waals surface area contributed by atoms with E-state index >= 15 is 0 Å². The first-order valence-electron chi connectivity index (χ1n) is 8.58. The van der Waals surface area contributed by atoms with Crippen molar-refractivity contribution in [2.24, 2.45) is 0 Å². The van der Waals surface area contributed by atoms with E-state index in [4.69, 9.17) is 9.26 Å². The summed E-state index contributed by atoms with van der Waals surface area (Å²) in [4.78, 5) is 24.4. The van der Waals surface area contributed by atoms with Crippen molar-refractivity contribution in [3.63, 3.8) is 0 Å². The highest BCUT2D eigenvalue weighted by atomic mass is 16.5. The van der Waals surface area contributed by atoms with Gasteiger partial charge >= 0.3 is 5.97 Å². The van der Waals surface area contributed by atoms with Crippen molar-refractivity contribution < 1.29 is 18.8 Å². The lowest BCUT2D eigenvalue weighted by Gasteiger charge is -2.13. The Morgan fingerprint density at radius 2 is 1.96 bits per heavy atom. The largest absolute Gasteiger partial charge is 0.449 e. The maximum absolute atomic E-state index is 12.4. The number of esters is 1. The van der Waals surface area contributed by atoms with Crippen LogP contribution in [0.1, 0.15) is 30.1 Å². The molecule has 0 aliphatic heterocycles. The Labute approximate surface area is 150 Å². The van der Waals surface area contributed by atoms with Crippen LogP contribution in [0.3, 0.4) is 0 Å². The summed E-state index contributed by atoms with van der Waals surface area (Å²) in [7, 11) is 0. The van der Waals surface area contributed by atoms with Crippen LogP contribution in [0, 0.1) is 0 Å². The molecule has 1 N–H and O–H groups in total. The smallest absolute Gasteiger partial charge is 0.338 e. The molecule has 1 atom stereocenters. The molecular formula is C20H18N2O4. The topological polar surface area (TPSA) is 81.4 Å². The van der Waals surface area contributed by atoms with Crippen molar-refractivity contribution in [1.29, 1.82) is 0 Å². The second-order valence-corrected chi connectivity index (χ2v) is 6.44. The molecule has 1 fully saturated rings. The second kappa shape index (κ2) is 6.63. The van der Waals surface area contributed by atoms with Crippen LogP contribution in [-0.4, -0.2) is 29.2 Å². The molecule has 0 saturated heterocycles. The minimum Gasteiger partial charge on any atom is -0.449 e. The molecule has 0 bridgehead atoms. The minimum absolute atomic E-state index is 0.227. The maximum atomic E-state index is 12.4. The van der Waals surface area contributed by atoms with E-state index in [1.165, 1.54) is 0 Å². The first kappa shape index (κ1) is 16.3. The fourth-order valence-corrected chi connectivity index (χ4v) is 2.69. The van der Waals surface area contributed by atoms with Crippen LogP contribution < -0.4 is 5.32 Å². The number of nitrogens with zero attached hydrogens (tertiary/aromatic N) is 1. The van der Waals surface area contributed by atoms with Gasteiger partial charge < -0.3 is 14.6 Å². The number of ether oxygens (including phenoxy) is 1. The van der Waals surface area contributed by atoms with E-state index in [0.29, 0.717) is 16.8 Å². The lowest BCUT2D eigenvalue weighted by Crippen LogP contribution is -2.37. The van der Waals surface area contributed by atoms with Gasteiger partial charge in [0.2, 0.25) is 0 Å². The zero-order valence-electron chi connectivity index (χ0n) is 14.3. The summed E-state index contributed by atoms with van der Waals surface area (Å²) in [5.41, 5.74) is 1.88. The Balaban J connectivity index is 1.56. The van der Waals surface area contributed by atoms with E-state index in [1.807, 2.05) is 30.3 Å². The van der Waals surface area contributed by atoms with Gasteiger partial charge in [0.15, 0.2) is 11.9 Å². The number of amides is 1. The lowest BCUT2D eigenvalue weighted by molar-refractivity contribution is -0.129. The molecule has 1 aliphatic rings. The van der Waals surface area contributed by atoms with Gasteiger partial charge in [-0.05, 0) is 38.0 Å². The third-order valence-corrected chi connectivity index (χ3v) is 4.32. The fourth-order valence-electron chi connectivity index (χ4n) is 2.69. The van der Waals surface area contributed by atoms with Crippen LogP contribution in [0.2, 0.25) is 0 Å². The summed E-state index contributed by atoms with van der Waals surface area (Å²) >= 11 is 0. The SMILES string of the molecule is C[C@H](OC(=O)c1ccc2noc(-c3ccccc3)c2c1)C(=O)NC1CC1. The van der Waals surface area contributed by atoms with Crippen LogP contribution >= 0.6 is 0 Å². The molecule has 6 heteroatoms. The molecule has 1 aromatic heterocycles. The highest BCUT2D eigenvalue weighted by Gasteiger charge is 2.27. The molecule has 1 heterocycles. The Bertz CT molecular complexity index is 960. The summed E-state index contributed by atoms with van der Waals surface area (Å²) in [5.74, 6) is -0.225. The van der Waals surface area contributed by atoms with Crippen LogP contribution in [0.5, 0.6) is 0 Å². The van der Waals surface area contributed by atoms with Gasteiger partial charge in [0.25, 0.3) is 5.91 Å². The molecule has 1 saturated carbocycles. The van der Waals surface area contributed by atoms with Crippen molar-refractivity contribution >= 4 is 22.8 Å². The molecular weight excluding hydrogens is 332 g/mol. The number of carbonyl (C=O) groups is 2. The Morgan fingerprint density at radius 1 is 1.19 bits per heavy atom. The van der Waals surface area contributed by atoms with E-state index < -0.39 is 12.1 Å². The molecule has 4 rings (SSSR count). The number of nitrogens with one attached hydrogen (secondary N) is 1. The van der Waals surface area contributed by atoms with E-state index in [-0.39, 0.29) is 11.9 Å². The van der Waals surface area contributed by atoms with Crippen LogP contribution in [-0.2, 0) is 9.53 Å². The predicted molar refractivity (Wildman–Crippen MR) is 95.5 cm³/mol. The third-order valence-electron chi connectivity index (χ3n) is 4.32. The van der Waals surface area contributed by atoms with Gasteiger partial charge in [-0.3, -0.25) is 4.79 Å². The summed E-state index contributed by atoms with van der Waals surface area (Å²) in [6.45, 7) is 1.57. The summed E-state index contributed by atoms with van der Waals surface area (Å²) < 4.78 is 10.7. The molecule has 1 aliphatic carbocycles. The molecule has 26 heavy (non-hydrogen) atoms. The zero-order chi connectivity index (χ0) is 18.1. The zero-order valence-corrected chi connectivity index (χ0v) is 14.3. The molecule has 1 amide bonds. The van der Waals surface area contributed by atoms with E-state index in [2.05, 4.69) is 10.5 Å². The first-order valence-corrected chi connectivity index (χ1v) is 8.58. The highest BCUT2D eigenvalue weighted by molar-refractivity contribution is 5.99. The summed E-state index contributed by atoms with van der Waals surface area (Å²) in [6.07, 6.45) is 1.13. The van der Waals surface area contributed by atoms with Gasteiger partial charge in [0.1, 0.15) is 5.52 Å². The summed E-state index contributed by atoms with van der Waals surface area (Å²) in [6, 6.07) is 14.8. The average molecular weight is 350 g/mol. The number of hydrogen-bond acceptors (Lipinski definition) is 5. The van der Waals surface area contributed by atoms with Crippen molar-refractivity contribution in [3.8, 4) is 11.3 Å². The summed E-state index contributed by atoms with van der Waals surface area (Å²) in [5, 5.41) is 7.58. The van der Waals surface area contributed by atoms with Crippen molar-refractivity contribution in [1.82, 2.24) is 10.5 Å². The standard InChI is InChI=1S/C20H18N2O4/c1-12(19(23)21-15-8-9-15)25-20(24)14-7-10-17-16(11-14)18(26-22-17)13-5-3-2-4-6-13/h2-7,10-12,15H,8-9H2,1H3,(H,21,23)/t12-/m0/s1. The molecule has 6 nitrogen and oxygen atoms in total. The lowest BCUT2D eigenvalue weighted by atomic mass is 10.1. The van der Waals surface area contributed by atoms with E-state index in [9.17, 15) is 9.59 Å². The van der Waals surface area contributed by atoms with Gasteiger partial charge in [-0.1, -0.05) is 35.5 Å². The predicted octanol–water partition coefficient (Wildman–Crippen LogP) is 3.32. The molecule has 3 aromatic rings. The van der Waals surface area contributed by atoms with Crippen molar-refractivity contribution in [2.75, 3.05) is 0 Å². The van der Waals surface area contributed by atoms with Crippen molar-refractivity contribution in [2.45, 2.75) is 31.9 Å². The normalized spacial score (nSPS) is 14.8. The third kappa shape index (κ3) is 3.31. The number of hydrogen-bond donors (Lipinski definition) is 1. The number of rotatable bonds is 5. The van der Waals surface area contributed by atoms with Gasteiger partial charge in [-0.25, -0.2) is 4.79 Å². The molecule has 0 unspecified atom stereocenters. The van der Waals surface area contributed by atoms with Gasteiger partial charge in [0, 0.05) is 11.6 Å². The molecule has 0 spiro atoms. The van der Waals surface area contributed by atoms with Crippen LogP contribution in [0.4, 0.5) is 0 Å². The van der Waals surface area contributed by atoms with Gasteiger partial charge in [-0.2, -0.15) is 0 Å². The second-order valence-electron chi connectivity index (χ2n) is 6.44. The minimum atomic E-state index is -0.838. The number of fused-ring (bicyclic) bond motifs is 1.